The molecular weight excluding hydrogens is 712 g/mol. The first kappa shape index (κ1) is 38.9. The van der Waals surface area contributed by atoms with Crippen LogP contribution in [0.4, 0.5) is 4.39 Å². The summed E-state index contributed by atoms with van der Waals surface area (Å²) in [6, 6.07) is 44.8. The first-order chi connectivity index (χ1) is 27.5. The summed E-state index contributed by atoms with van der Waals surface area (Å²) >= 11 is 0. The fraction of sp³-hybridized carbons (Fsp3) is 0.283. The van der Waals surface area contributed by atoms with Gasteiger partial charge in [-0.05, 0) is 46.9 Å². The van der Waals surface area contributed by atoms with Crippen LogP contribution < -0.4 is 9.47 Å². The van der Waals surface area contributed by atoms with Gasteiger partial charge in [-0.1, -0.05) is 127 Å². The lowest BCUT2D eigenvalue weighted by Crippen LogP contribution is -2.62. The van der Waals surface area contributed by atoms with Crippen molar-refractivity contribution >= 4 is 0 Å². The van der Waals surface area contributed by atoms with Crippen molar-refractivity contribution in [1.29, 1.82) is 0 Å². The maximum Gasteiger partial charge on any atom is 0.238 e. The molecule has 0 radical (unpaired) electrons. The van der Waals surface area contributed by atoms with Crippen molar-refractivity contribution in [2.45, 2.75) is 70.5 Å². The maximum atomic E-state index is 14.8. The van der Waals surface area contributed by atoms with Gasteiger partial charge in [0.2, 0.25) is 12.2 Å². The van der Waals surface area contributed by atoms with E-state index in [2.05, 4.69) is 10.2 Å². The summed E-state index contributed by atoms with van der Waals surface area (Å²) < 4.78 is 60.2. The van der Waals surface area contributed by atoms with Gasteiger partial charge in [-0.2, -0.15) is 0 Å². The Hall–Kier alpha value is -5.36. The third kappa shape index (κ3) is 10.3. The number of nitrogens with one attached hydrogen (secondary N) is 1. The van der Waals surface area contributed by atoms with Gasteiger partial charge in [0.25, 0.3) is 0 Å². The molecule has 1 aliphatic rings. The van der Waals surface area contributed by atoms with Crippen LogP contribution in [0, 0.1) is 12.7 Å². The summed E-state index contributed by atoms with van der Waals surface area (Å²) in [6.07, 6.45) is -3.38. The van der Waals surface area contributed by atoms with Gasteiger partial charge in [-0.15, -0.1) is 5.10 Å². The average Bonchev–Trinajstić information content (AvgIpc) is 3.57. The van der Waals surface area contributed by atoms with E-state index >= 15 is 0 Å². The van der Waals surface area contributed by atoms with Crippen LogP contribution in [0.1, 0.15) is 39.1 Å². The molecule has 1 aromatic heterocycles. The van der Waals surface area contributed by atoms with E-state index in [1.807, 2.05) is 134 Å². The van der Waals surface area contributed by atoms with Crippen LogP contribution >= 0.6 is 0 Å². The van der Waals surface area contributed by atoms with Gasteiger partial charge in [-0.3, -0.25) is 5.10 Å². The zero-order valence-corrected chi connectivity index (χ0v) is 31.6. The van der Waals surface area contributed by atoms with Gasteiger partial charge in [0.05, 0.1) is 40.1 Å². The summed E-state index contributed by atoms with van der Waals surface area (Å²) in [4.78, 5) is 0. The van der Waals surface area contributed by atoms with E-state index in [0.717, 1.165) is 39.1 Å². The molecule has 0 spiro atoms. The molecule has 56 heavy (non-hydrogen) atoms. The molecule has 1 saturated heterocycles. The molecule has 2 heterocycles. The lowest BCUT2D eigenvalue weighted by Gasteiger charge is -2.45. The Morgan fingerprint density at radius 2 is 1.14 bits per heavy atom. The molecule has 0 bridgehead atoms. The molecule has 0 aliphatic carbocycles. The third-order valence-electron chi connectivity index (χ3n) is 9.70. The first-order valence-corrected chi connectivity index (χ1v) is 18.8. The minimum Gasteiger partial charge on any atom is -0.494 e. The highest BCUT2D eigenvalue weighted by Gasteiger charge is 2.50. The highest BCUT2D eigenvalue weighted by Crippen LogP contribution is 2.34. The van der Waals surface area contributed by atoms with Crippen LogP contribution in [0.2, 0.25) is 0 Å². The number of H-pyrrole nitrogens is 1. The van der Waals surface area contributed by atoms with Gasteiger partial charge in [0, 0.05) is 17.7 Å². The van der Waals surface area contributed by atoms with Gasteiger partial charge in [-0.25, -0.2) is 4.39 Å². The van der Waals surface area contributed by atoms with Gasteiger partial charge < -0.3 is 33.2 Å². The van der Waals surface area contributed by atoms with Crippen LogP contribution in [0.5, 0.6) is 11.6 Å². The second kappa shape index (κ2) is 19.5. The van der Waals surface area contributed by atoms with Crippen LogP contribution in [0.25, 0.3) is 0 Å². The first-order valence-electron chi connectivity index (χ1n) is 18.8. The van der Waals surface area contributed by atoms with E-state index in [0.29, 0.717) is 32.1 Å². The maximum absolute atomic E-state index is 14.8. The number of benzene rings is 5. The number of nitrogens with zero attached hydrogens (tertiary/aromatic N) is 1. The van der Waals surface area contributed by atoms with E-state index in [9.17, 15) is 4.39 Å². The monoisotopic (exact) mass is 758 g/mol. The quantitative estimate of drug-likeness (QED) is 0.0933. The number of halogens is 1. The molecule has 1 aliphatic heterocycles. The van der Waals surface area contributed by atoms with Crippen molar-refractivity contribution in [3.05, 3.63) is 184 Å². The third-order valence-corrected chi connectivity index (χ3v) is 9.70. The molecule has 9 nitrogen and oxygen atoms in total. The summed E-state index contributed by atoms with van der Waals surface area (Å²) in [5.74, 6) is 0.0395. The van der Waals surface area contributed by atoms with E-state index in [1.165, 1.54) is 13.2 Å². The molecule has 0 unspecified atom stereocenters. The molecule has 1 N–H and O–H groups in total. The topological polar surface area (TPSA) is 93.3 Å². The number of hydrogen-bond acceptors (Lipinski definition) is 8. The van der Waals surface area contributed by atoms with Crippen molar-refractivity contribution in [3.63, 3.8) is 0 Å². The van der Waals surface area contributed by atoms with E-state index in [1.54, 1.807) is 6.07 Å². The van der Waals surface area contributed by atoms with Crippen LogP contribution in [-0.2, 0) is 56.5 Å². The molecule has 290 valence electrons. The number of aromatic amines is 1. The van der Waals surface area contributed by atoms with E-state index < -0.39 is 36.5 Å². The molecule has 1 fully saturated rings. The molecule has 5 aromatic carbocycles. The predicted octanol–water partition coefficient (Wildman–Crippen LogP) is 8.53. The van der Waals surface area contributed by atoms with Crippen molar-refractivity contribution in [2.24, 2.45) is 0 Å². The minimum atomic E-state index is -1.00. The van der Waals surface area contributed by atoms with Crippen LogP contribution in [0.3, 0.4) is 0 Å². The number of methoxy groups -OCH3 is 1. The minimum absolute atomic E-state index is 0.175. The van der Waals surface area contributed by atoms with Gasteiger partial charge in [0.15, 0.2) is 11.6 Å². The fourth-order valence-corrected chi connectivity index (χ4v) is 6.71. The number of rotatable bonds is 18. The number of aromatic nitrogens is 2. The highest BCUT2D eigenvalue weighted by atomic mass is 19.1. The van der Waals surface area contributed by atoms with Crippen molar-refractivity contribution in [3.8, 4) is 11.6 Å². The normalized spacial score (nSPS) is 19.4. The standard InChI is InChI=1S/C46H47FN2O7/c1-32-38(25-37-23-24-40(50-2)39(47)26-37)45(49-48-32)56-46-44(54-30-36-21-13-6-14-22-36)43(53-29-35-19-11-5-12-20-35)42(52-28-34-17-9-4-10-18-34)41(55-46)31-51-27-33-15-7-3-8-16-33/h3-24,26,41-44,46H,25,27-31H2,1-2H3,(H,48,49)/t41-,42-,43+,44-,46+/m1/s1. The predicted molar refractivity (Wildman–Crippen MR) is 210 cm³/mol. The smallest absolute Gasteiger partial charge is 0.238 e. The van der Waals surface area contributed by atoms with Crippen molar-refractivity contribution < 1.29 is 37.5 Å². The summed E-state index contributed by atoms with van der Waals surface area (Å²) in [5.41, 5.74) is 6.26. The fourth-order valence-electron chi connectivity index (χ4n) is 6.71. The van der Waals surface area contributed by atoms with E-state index in [-0.39, 0.29) is 19.0 Å². The molecule has 5 atom stereocenters. The number of ether oxygens (including phenoxy) is 7. The molecule has 0 saturated carbocycles. The Morgan fingerprint density at radius 3 is 1.68 bits per heavy atom. The lowest BCUT2D eigenvalue weighted by molar-refractivity contribution is -0.310. The zero-order chi connectivity index (χ0) is 38.5. The average molecular weight is 759 g/mol. The Labute approximate surface area is 327 Å². The van der Waals surface area contributed by atoms with Crippen LogP contribution in [-0.4, -0.2) is 54.6 Å². The second-order valence-electron chi connectivity index (χ2n) is 13.7. The molecule has 7 rings (SSSR count). The Bertz CT molecular complexity index is 2070. The van der Waals surface area contributed by atoms with Crippen molar-refractivity contribution in [2.75, 3.05) is 13.7 Å². The summed E-state index contributed by atoms with van der Waals surface area (Å²) in [5, 5.41) is 7.61. The van der Waals surface area contributed by atoms with Crippen LogP contribution in [0.15, 0.2) is 140 Å². The highest BCUT2D eigenvalue weighted by molar-refractivity contribution is 5.38. The summed E-state index contributed by atoms with van der Waals surface area (Å²) in [6.45, 7) is 3.33. The SMILES string of the molecule is COc1ccc(Cc2c(O[C@@H]3O[C@H](COCc4ccccc4)[C@@H](OCc4ccccc4)[C@H](OCc4ccccc4)[C@H]3OCc3ccccc3)n[nH]c2C)cc1F. The molecule has 0 amide bonds. The number of hydrogen-bond donors (Lipinski definition) is 1. The van der Waals surface area contributed by atoms with Gasteiger partial charge >= 0.3 is 0 Å². The largest absolute Gasteiger partial charge is 0.494 e. The second-order valence-corrected chi connectivity index (χ2v) is 13.7. The zero-order valence-electron chi connectivity index (χ0n) is 31.6. The lowest BCUT2D eigenvalue weighted by atomic mass is 9.97. The van der Waals surface area contributed by atoms with Crippen molar-refractivity contribution in [1.82, 2.24) is 10.2 Å². The van der Waals surface area contributed by atoms with Gasteiger partial charge in [0.1, 0.15) is 24.4 Å². The molecular formula is C46H47FN2O7. The Kier molecular flexibility index (Phi) is 13.5. The van der Waals surface area contributed by atoms with E-state index in [4.69, 9.17) is 33.2 Å². The Balaban J connectivity index is 1.23. The number of aryl methyl sites for hydroxylation is 1. The molecule has 6 aromatic rings. The Morgan fingerprint density at radius 1 is 0.625 bits per heavy atom. The molecule has 10 heteroatoms. The summed E-state index contributed by atoms with van der Waals surface area (Å²) in [7, 11) is 1.44.